The Balaban J connectivity index is 1.87. The molecule has 1 atom stereocenters. The third kappa shape index (κ3) is 4.13. The van der Waals surface area contributed by atoms with Gasteiger partial charge in [-0.25, -0.2) is 13.6 Å². The molecule has 2 N–H and O–H groups in total. The van der Waals surface area contributed by atoms with Gasteiger partial charge in [-0.2, -0.15) is 0 Å². The van der Waals surface area contributed by atoms with E-state index in [9.17, 15) is 28.0 Å². The van der Waals surface area contributed by atoms with Crippen molar-refractivity contribution in [3.8, 4) is 0 Å². The van der Waals surface area contributed by atoms with Crippen molar-refractivity contribution < 1.29 is 32.7 Å². The normalized spacial score (nSPS) is 19.3. The van der Waals surface area contributed by atoms with Crippen LogP contribution < -0.4 is 10.6 Å². The van der Waals surface area contributed by atoms with Gasteiger partial charge >= 0.3 is 12.0 Å². The van der Waals surface area contributed by atoms with E-state index in [4.69, 9.17) is 0 Å². The monoisotopic (exact) mass is 369 g/mol. The van der Waals surface area contributed by atoms with E-state index in [-0.39, 0.29) is 0 Å². The predicted molar refractivity (Wildman–Crippen MR) is 84.9 cm³/mol. The lowest BCUT2D eigenvalue weighted by Gasteiger charge is -2.18. The van der Waals surface area contributed by atoms with E-state index in [1.807, 2.05) is 5.32 Å². The van der Waals surface area contributed by atoms with Gasteiger partial charge in [-0.05, 0) is 25.5 Å². The van der Waals surface area contributed by atoms with E-state index in [2.05, 4.69) is 10.1 Å². The van der Waals surface area contributed by atoms with Crippen molar-refractivity contribution in [2.24, 2.45) is 0 Å². The maximum absolute atomic E-state index is 13.4. The molecule has 26 heavy (non-hydrogen) atoms. The number of esters is 1. The van der Waals surface area contributed by atoms with E-state index < -0.39 is 59.8 Å². The maximum atomic E-state index is 13.4. The predicted octanol–water partition coefficient (Wildman–Crippen LogP) is 1.17. The molecular weight excluding hydrogens is 352 g/mol. The minimum Gasteiger partial charge on any atom is -0.454 e. The van der Waals surface area contributed by atoms with Gasteiger partial charge in [0.15, 0.2) is 6.61 Å². The summed E-state index contributed by atoms with van der Waals surface area (Å²) in [6.07, 6.45) is 0.338. The number of carbonyl (C=O) groups excluding carboxylic acids is 4. The smallest absolute Gasteiger partial charge is 0.326 e. The van der Waals surface area contributed by atoms with Crippen LogP contribution in [0.15, 0.2) is 18.2 Å². The van der Waals surface area contributed by atoms with Gasteiger partial charge in [-0.1, -0.05) is 6.92 Å². The number of halogens is 2. The molecule has 0 bridgehead atoms. The van der Waals surface area contributed by atoms with E-state index in [1.54, 1.807) is 6.92 Å². The molecule has 1 saturated heterocycles. The van der Waals surface area contributed by atoms with Gasteiger partial charge in [-0.15, -0.1) is 0 Å². The SMILES string of the molecule is CC[C@@]1(C)NC(=O)N(CC(=O)OCC(=O)Nc2cc(F)ccc2F)C1=O. The van der Waals surface area contributed by atoms with Gasteiger partial charge < -0.3 is 15.4 Å². The Kier molecular flexibility index (Phi) is 5.53. The first kappa shape index (κ1) is 19.3. The Morgan fingerprint density at radius 2 is 2.00 bits per heavy atom. The van der Waals surface area contributed by atoms with Crippen LogP contribution in [-0.4, -0.2) is 47.4 Å². The van der Waals surface area contributed by atoms with Crippen LogP contribution in [0.3, 0.4) is 0 Å². The summed E-state index contributed by atoms with van der Waals surface area (Å²) in [5.41, 5.74) is -1.50. The Morgan fingerprint density at radius 1 is 1.31 bits per heavy atom. The zero-order chi connectivity index (χ0) is 19.5. The highest BCUT2D eigenvalue weighted by molar-refractivity contribution is 6.08. The zero-order valence-electron chi connectivity index (χ0n) is 14.1. The number of urea groups is 1. The van der Waals surface area contributed by atoms with Crippen LogP contribution in [0.5, 0.6) is 0 Å². The molecule has 0 unspecified atom stereocenters. The number of carbonyl (C=O) groups is 4. The molecule has 2 rings (SSSR count). The largest absolute Gasteiger partial charge is 0.454 e. The molecule has 4 amide bonds. The van der Waals surface area contributed by atoms with Crippen molar-refractivity contribution >= 4 is 29.5 Å². The first-order valence-electron chi connectivity index (χ1n) is 7.71. The van der Waals surface area contributed by atoms with Crippen molar-refractivity contribution in [2.45, 2.75) is 25.8 Å². The molecule has 1 heterocycles. The van der Waals surface area contributed by atoms with Gasteiger partial charge in [0.2, 0.25) is 0 Å². The molecule has 0 radical (unpaired) electrons. The Labute approximate surface area is 147 Å². The van der Waals surface area contributed by atoms with Gasteiger partial charge in [-0.3, -0.25) is 19.3 Å². The van der Waals surface area contributed by atoms with Gasteiger partial charge in [0.05, 0.1) is 5.69 Å². The third-order valence-electron chi connectivity index (χ3n) is 3.91. The molecule has 1 aliphatic heterocycles. The number of ether oxygens (including phenoxy) is 1. The fourth-order valence-corrected chi connectivity index (χ4v) is 2.23. The highest BCUT2D eigenvalue weighted by atomic mass is 19.1. The molecule has 10 heteroatoms. The topological polar surface area (TPSA) is 105 Å². The van der Waals surface area contributed by atoms with Crippen molar-refractivity contribution in [3.05, 3.63) is 29.8 Å². The second-order valence-electron chi connectivity index (χ2n) is 5.84. The van der Waals surface area contributed by atoms with Crippen molar-refractivity contribution in [1.29, 1.82) is 0 Å². The average Bonchev–Trinajstić information content (AvgIpc) is 2.80. The number of hydrogen-bond donors (Lipinski definition) is 2. The number of amides is 4. The van der Waals surface area contributed by atoms with E-state index in [0.29, 0.717) is 11.3 Å². The minimum absolute atomic E-state index is 0.338. The maximum Gasteiger partial charge on any atom is 0.326 e. The van der Waals surface area contributed by atoms with Crippen LogP contribution in [0.1, 0.15) is 20.3 Å². The van der Waals surface area contributed by atoms with E-state index >= 15 is 0 Å². The summed E-state index contributed by atoms with van der Waals surface area (Å²) >= 11 is 0. The highest BCUT2D eigenvalue weighted by Crippen LogP contribution is 2.20. The number of benzene rings is 1. The summed E-state index contributed by atoms with van der Waals surface area (Å²) in [6.45, 7) is 1.78. The number of nitrogens with one attached hydrogen (secondary N) is 2. The summed E-state index contributed by atoms with van der Waals surface area (Å²) in [5, 5.41) is 4.52. The molecule has 1 aromatic rings. The number of nitrogens with zero attached hydrogens (tertiary/aromatic N) is 1. The second kappa shape index (κ2) is 7.46. The fraction of sp³-hybridized carbons (Fsp3) is 0.375. The van der Waals surface area contributed by atoms with Crippen LogP contribution in [0.4, 0.5) is 19.3 Å². The lowest BCUT2D eigenvalue weighted by molar-refractivity contribution is -0.150. The fourth-order valence-electron chi connectivity index (χ4n) is 2.23. The lowest BCUT2D eigenvalue weighted by atomic mass is 9.99. The van der Waals surface area contributed by atoms with Crippen LogP contribution in [0.25, 0.3) is 0 Å². The van der Waals surface area contributed by atoms with Crippen LogP contribution in [0.2, 0.25) is 0 Å². The van der Waals surface area contributed by atoms with E-state index in [0.717, 1.165) is 18.2 Å². The van der Waals surface area contributed by atoms with Gasteiger partial charge in [0, 0.05) is 6.07 Å². The van der Waals surface area contributed by atoms with Crippen LogP contribution in [0, 0.1) is 11.6 Å². The molecular formula is C16H17F2N3O5. The molecule has 140 valence electrons. The Morgan fingerprint density at radius 3 is 2.62 bits per heavy atom. The van der Waals surface area contributed by atoms with Crippen molar-refractivity contribution in [1.82, 2.24) is 10.2 Å². The molecule has 1 aromatic carbocycles. The number of hydrogen-bond acceptors (Lipinski definition) is 5. The highest BCUT2D eigenvalue weighted by Gasteiger charge is 2.47. The third-order valence-corrected chi connectivity index (χ3v) is 3.91. The Bertz CT molecular complexity index is 770. The van der Waals surface area contributed by atoms with E-state index in [1.165, 1.54) is 6.92 Å². The minimum atomic E-state index is -1.09. The molecule has 8 nitrogen and oxygen atoms in total. The molecule has 0 aliphatic carbocycles. The van der Waals surface area contributed by atoms with Crippen molar-refractivity contribution in [2.75, 3.05) is 18.5 Å². The second-order valence-corrected chi connectivity index (χ2v) is 5.84. The summed E-state index contributed by atoms with van der Waals surface area (Å²) in [6, 6.07) is 1.75. The molecule has 0 aromatic heterocycles. The molecule has 0 saturated carbocycles. The van der Waals surface area contributed by atoms with Crippen LogP contribution >= 0.6 is 0 Å². The summed E-state index contributed by atoms with van der Waals surface area (Å²) < 4.78 is 31.1. The van der Waals surface area contributed by atoms with Crippen LogP contribution in [-0.2, 0) is 19.1 Å². The zero-order valence-corrected chi connectivity index (χ0v) is 14.1. The molecule has 0 spiro atoms. The first-order chi connectivity index (χ1) is 12.2. The number of imide groups is 1. The standard InChI is InChI=1S/C16H17F2N3O5/c1-3-16(2)14(24)21(15(25)20-16)7-13(23)26-8-12(22)19-11-6-9(17)4-5-10(11)18/h4-6H,3,7-8H2,1-2H3,(H,19,22)(H,20,25)/t16-/m1/s1. The quantitative estimate of drug-likeness (QED) is 0.579. The molecule has 1 aliphatic rings. The van der Waals surface area contributed by atoms with Gasteiger partial charge in [0.25, 0.3) is 11.8 Å². The average molecular weight is 369 g/mol. The number of anilines is 1. The molecule has 1 fully saturated rings. The van der Waals surface area contributed by atoms with Crippen molar-refractivity contribution in [3.63, 3.8) is 0 Å². The first-order valence-corrected chi connectivity index (χ1v) is 7.71. The lowest BCUT2D eigenvalue weighted by Crippen LogP contribution is -2.43. The van der Waals surface area contributed by atoms with Gasteiger partial charge in [0.1, 0.15) is 23.7 Å². The Hall–Kier alpha value is -3.04. The number of rotatable bonds is 6. The summed E-state index contributed by atoms with van der Waals surface area (Å²) in [5.74, 6) is -4.09. The summed E-state index contributed by atoms with van der Waals surface area (Å²) in [4.78, 5) is 48.0. The summed E-state index contributed by atoms with van der Waals surface area (Å²) in [7, 11) is 0.